The van der Waals surface area contributed by atoms with Crippen molar-refractivity contribution in [2.75, 3.05) is 13.7 Å². The Morgan fingerprint density at radius 1 is 1.38 bits per heavy atom. The number of methoxy groups -OCH3 is 1. The fraction of sp³-hybridized carbons (Fsp3) is 0.467. The molecule has 2 rings (SSSR count). The third-order valence-electron chi connectivity index (χ3n) is 4.03. The minimum absolute atomic E-state index is 0.0529. The van der Waals surface area contributed by atoms with Crippen LogP contribution in [0, 0.1) is 5.41 Å². The third kappa shape index (κ3) is 3.26. The van der Waals surface area contributed by atoms with Crippen molar-refractivity contribution in [3.05, 3.63) is 23.8 Å². The summed E-state index contributed by atoms with van der Waals surface area (Å²) in [6, 6.07) is 4.67. The van der Waals surface area contributed by atoms with Gasteiger partial charge in [-0.2, -0.15) is 0 Å². The van der Waals surface area contributed by atoms with E-state index in [0.717, 1.165) is 19.3 Å². The molecule has 0 unspecified atom stereocenters. The molecule has 1 aromatic carbocycles. The monoisotopic (exact) mass is 293 g/mol. The molecule has 0 bridgehead atoms. The zero-order valence-electron chi connectivity index (χ0n) is 11.9. The SMILES string of the molecule is COc1cccc(C(=O)NCC2(CC(=O)O)CCC2)c1O. The molecule has 1 amide bonds. The van der Waals surface area contributed by atoms with Gasteiger partial charge in [0.15, 0.2) is 11.5 Å². The lowest BCUT2D eigenvalue weighted by Gasteiger charge is -2.40. The van der Waals surface area contributed by atoms with E-state index in [4.69, 9.17) is 9.84 Å². The number of aromatic hydroxyl groups is 1. The zero-order valence-corrected chi connectivity index (χ0v) is 11.9. The fourth-order valence-electron chi connectivity index (χ4n) is 2.65. The van der Waals surface area contributed by atoms with Gasteiger partial charge in [-0.15, -0.1) is 0 Å². The van der Waals surface area contributed by atoms with Crippen molar-refractivity contribution in [2.45, 2.75) is 25.7 Å². The number of aliphatic carboxylic acids is 1. The van der Waals surface area contributed by atoms with Gasteiger partial charge in [0.2, 0.25) is 0 Å². The molecule has 0 heterocycles. The second-order valence-corrected chi connectivity index (χ2v) is 5.46. The van der Waals surface area contributed by atoms with Gasteiger partial charge in [0.25, 0.3) is 5.91 Å². The lowest BCUT2D eigenvalue weighted by Crippen LogP contribution is -2.43. The maximum absolute atomic E-state index is 12.1. The summed E-state index contributed by atoms with van der Waals surface area (Å²) >= 11 is 0. The van der Waals surface area contributed by atoms with Gasteiger partial charge in [-0.3, -0.25) is 9.59 Å². The molecule has 6 nitrogen and oxygen atoms in total. The van der Waals surface area contributed by atoms with Gasteiger partial charge in [0.05, 0.1) is 19.1 Å². The van der Waals surface area contributed by atoms with Crippen LogP contribution in [0.15, 0.2) is 18.2 Å². The number of amides is 1. The van der Waals surface area contributed by atoms with Gasteiger partial charge >= 0.3 is 5.97 Å². The van der Waals surface area contributed by atoms with Crippen LogP contribution >= 0.6 is 0 Å². The summed E-state index contributed by atoms with van der Waals surface area (Å²) < 4.78 is 4.96. The molecule has 1 aliphatic carbocycles. The number of benzene rings is 1. The molecule has 0 aliphatic heterocycles. The summed E-state index contributed by atoms with van der Waals surface area (Å²) in [5.74, 6) is -1.26. The number of para-hydroxylation sites is 1. The van der Waals surface area contributed by atoms with Crippen molar-refractivity contribution in [1.29, 1.82) is 0 Å². The van der Waals surface area contributed by atoms with Crippen LogP contribution in [0.4, 0.5) is 0 Å². The van der Waals surface area contributed by atoms with Crippen molar-refractivity contribution in [1.82, 2.24) is 5.32 Å². The van der Waals surface area contributed by atoms with Gasteiger partial charge in [0, 0.05) is 6.54 Å². The molecular formula is C15H19NO5. The first-order valence-electron chi connectivity index (χ1n) is 6.83. The minimum atomic E-state index is -0.854. The number of phenolic OH excluding ortho intramolecular Hbond substituents is 1. The molecule has 1 saturated carbocycles. The van der Waals surface area contributed by atoms with E-state index in [2.05, 4.69) is 5.32 Å². The maximum atomic E-state index is 12.1. The predicted molar refractivity (Wildman–Crippen MR) is 75.5 cm³/mol. The molecule has 114 valence electrons. The summed E-state index contributed by atoms with van der Waals surface area (Å²) in [7, 11) is 1.41. The Labute approximate surface area is 122 Å². The van der Waals surface area contributed by atoms with Crippen molar-refractivity contribution >= 4 is 11.9 Å². The highest BCUT2D eigenvalue weighted by molar-refractivity contribution is 5.97. The molecule has 0 atom stereocenters. The Balaban J connectivity index is 2.03. The van der Waals surface area contributed by atoms with E-state index in [1.165, 1.54) is 13.2 Å². The highest BCUT2D eigenvalue weighted by atomic mass is 16.5. The van der Waals surface area contributed by atoms with E-state index in [0.29, 0.717) is 6.54 Å². The van der Waals surface area contributed by atoms with E-state index in [1.807, 2.05) is 0 Å². The number of carboxylic acids is 1. The van der Waals surface area contributed by atoms with Gasteiger partial charge in [-0.1, -0.05) is 12.5 Å². The number of ether oxygens (including phenoxy) is 1. The van der Waals surface area contributed by atoms with Crippen LogP contribution in [0.3, 0.4) is 0 Å². The largest absolute Gasteiger partial charge is 0.504 e. The molecular weight excluding hydrogens is 274 g/mol. The maximum Gasteiger partial charge on any atom is 0.303 e. The highest BCUT2D eigenvalue weighted by Crippen LogP contribution is 2.43. The first kappa shape index (κ1) is 15.2. The Morgan fingerprint density at radius 2 is 2.10 bits per heavy atom. The number of hydrogen-bond donors (Lipinski definition) is 3. The quantitative estimate of drug-likeness (QED) is 0.743. The van der Waals surface area contributed by atoms with Crippen LogP contribution in [0.2, 0.25) is 0 Å². The molecule has 3 N–H and O–H groups in total. The van der Waals surface area contributed by atoms with Crippen LogP contribution < -0.4 is 10.1 Å². The van der Waals surface area contributed by atoms with E-state index >= 15 is 0 Å². The standard InChI is InChI=1S/C15H19NO5/c1-21-11-5-2-4-10(13(11)19)14(20)16-9-15(6-3-7-15)8-12(17)18/h2,4-5,19H,3,6-9H2,1H3,(H,16,20)(H,17,18). The molecule has 6 heteroatoms. The Bertz CT molecular complexity index is 551. The second kappa shape index (κ2) is 6.03. The number of carboxylic acid groups (broad SMARTS) is 1. The number of hydrogen-bond acceptors (Lipinski definition) is 4. The van der Waals surface area contributed by atoms with Crippen LogP contribution in [-0.4, -0.2) is 35.7 Å². The van der Waals surface area contributed by atoms with E-state index in [9.17, 15) is 14.7 Å². The van der Waals surface area contributed by atoms with Crippen LogP contribution in [0.1, 0.15) is 36.0 Å². The van der Waals surface area contributed by atoms with Crippen LogP contribution in [-0.2, 0) is 4.79 Å². The summed E-state index contributed by atoms with van der Waals surface area (Å²) in [4.78, 5) is 23.0. The molecule has 1 aliphatic rings. The normalized spacial score (nSPS) is 15.9. The topological polar surface area (TPSA) is 95.9 Å². The summed E-state index contributed by atoms with van der Waals surface area (Å²) in [5.41, 5.74) is -0.227. The summed E-state index contributed by atoms with van der Waals surface area (Å²) in [5, 5.41) is 21.6. The summed E-state index contributed by atoms with van der Waals surface area (Å²) in [6.45, 7) is 0.300. The molecule has 21 heavy (non-hydrogen) atoms. The predicted octanol–water partition coefficient (Wildman–Crippen LogP) is 1.78. The molecule has 0 aromatic heterocycles. The van der Waals surface area contributed by atoms with Crippen molar-refractivity contribution < 1.29 is 24.5 Å². The first-order valence-corrected chi connectivity index (χ1v) is 6.83. The Morgan fingerprint density at radius 3 is 2.62 bits per heavy atom. The number of carbonyl (C=O) groups is 2. The average molecular weight is 293 g/mol. The smallest absolute Gasteiger partial charge is 0.303 e. The highest BCUT2D eigenvalue weighted by Gasteiger charge is 2.39. The number of rotatable bonds is 6. The third-order valence-corrected chi connectivity index (χ3v) is 4.03. The van der Waals surface area contributed by atoms with Gasteiger partial charge in [0.1, 0.15) is 0 Å². The summed E-state index contributed by atoms with van der Waals surface area (Å²) in [6.07, 6.45) is 2.62. The van der Waals surface area contributed by atoms with Gasteiger partial charge < -0.3 is 20.3 Å². The van der Waals surface area contributed by atoms with Crippen molar-refractivity contribution in [2.24, 2.45) is 5.41 Å². The molecule has 0 saturated heterocycles. The Kier molecular flexibility index (Phi) is 4.35. The van der Waals surface area contributed by atoms with Crippen molar-refractivity contribution in [3.63, 3.8) is 0 Å². The van der Waals surface area contributed by atoms with E-state index in [1.54, 1.807) is 12.1 Å². The number of nitrogens with one attached hydrogen (secondary N) is 1. The molecule has 1 aromatic rings. The second-order valence-electron chi connectivity index (χ2n) is 5.46. The molecule has 0 spiro atoms. The van der Waals surface area contributed by atoms with Crippen molar-refractivity contribution in [3.8, 4) is 11.5 Å². The van der Waals surface area contributed by atoms with Gasteiger partial charge in [-0.05, 0) is 30.4 Å². The average Bonchev–Trinajstić information content (AvgIpc) is 2.41. The van der Waals surface area contributed by atoms with E-state index < -0.39 is 11.9 Å². The molecule has 1 fully saturated rings. The van der Waals surface area contributed by atoms with Crippen LogP contribution in [0.5, 0.6) is 11.5 Å². The number of carbonyl (C=O) groups excluding carboxylic acids is 1. The molecule has 0 radical (unpaired) electrons. The Hall–Kier alpha value is -2.24. The van der Waals surface area contributed by atoms with E-state index in [-0.39, 0.29) is 28.9 Å². The fourth-order valence-corrected chi connectivity index (χ4v) is 2.65. The lowest BCUT2D eigenvalue weighted by molar-refractivity contribution is -0.141. The zero-order chi connectivity index (χ0) is 15.5. The lowest BCUT2D eigenvalue weighted by atomic mass is 9.66. The van der Waals surface area contributed by atoms with Crippen LogP contribution in [0.25, 0.3) is 0 Å². The van der Waals surface area contributed by atoms with Gasteiger partial charge in [-0.25, -0.2) is 0 Å². The number of phenols is 1. The first-order chi connectivity index (χ1) is 9.97. The minimum Gasteiger partial charge on any atom is -0.504 e.